The molecule has 8 heteroatoms. The highest BCUT2D eigenvalue weighted by molar-refractivity contribution is 5.93. The Morgan fingerprint density at radius 3 is 2.78 bits per heavy atom. The molecule has 2 aromatic heterocycles. The lowest BCUT2D eigenvalue weighted by molar-refractivity contribution is 0.0635. The summed E-state index contributed by atoms with van der Waals surface area (Å²) in [6.07, 6.45) is 4.34. The van der Waals surface area contributed by atoms with E-state index in [4.69, 9.17) is 9.84 Å². The molecule has 3 rings (SSSR count). The van der Waals surface area contributed by atoms with E-state index in [-0.39, 0.29) is 12.6 Å². The summed E-state index contributed by atoms with van der Waals surface area (Å²) in [7, 11) is 0. The summed E-state index contributed by atoms with van der Waals surface area (Å²) in [6.45, 7) is 5.60. The van der Waals surface area contributed by atoms with Gasteiger partial charge in [0.15, 0.2) is 17.0 Å². The third-order valence-corrected chi connectivity index (χ3v) is 3.84. The molecule has 1 fully saturated rings. The summed E-state index contributed by atoms with van der Waals surface area (Å²) in [5.74, 6) is 0.680. The molecule has 0 aromatic carbocycles. The first-order valence-corrected chi connectivity index (χ1v) is 7.66. The van der Waals surface area contributed by atoms with Crippen LogP contribution in [0.3, 0.4) is 0 Å². The van der Waals surface area contributed by atoms with E-state index in [0.717, 1.165) is 12.8 Å². The van der Waals surface area contributed by atoms with Gasteiger partial charge in [0.1, 0.15) is 11.9 Å². The molecule has 124 valence electrons. The van der Waals surface area contributed by atoms with Crippen LogP contribution in [0.25, 0.3) is 11.2 Å². The maximum Gasteiger partial charge on any atom is 0.413 e. The zero-order chi connectivity index (χ0) is 16.6. The van der Waals surface area contributed by atoms with Crippen LogP contribution >= 0.6 is 0 Å². The summed E-state index contributed by atoms with van der Waals surface area (Å²) in [5, 5.41) is 11.8. The second-order valence-corrected chi connectivity index (χ2v) is 6.85. The number of amides is 1. The molecule has 2 aromatic rings. The number of imidazole rings is 1. The predicted octanol–water partition coefficient (Wildman–Crippen LogP) is 2.12. The molecule has 23 heavy (non-hydrogen) atoms. The highest BCUT2D eigenvalue weighted by Crippen LogP contribution is 2.38. The van der Waals surface area contributed by atoms with Gasteiger partial charge in [-0.25, -0.2) is 19.7 Å². The summed E-state index contributed by atoms with van der Waals surface area (Å²) in [5.41, 5.74) is 0.624. The topological polar surface area (TPSA) is 102 Å². The maximum atomic E-state index is 11.9. The number of hydrogen-bond donors (Lipinski definition) is 2. The highest BCUT2D eigenvalue weighted by Gasteiger charge is 2.31. The summed E-state index contributed by atoms with van der Waals surface area (Å²) < 4.78 is 7.21. The molecule has 1 aliphatic rings. The Balaban J connectivity index is 1.80. The zero-order valence-corrected chi connectivity index (χ0v) is 13.5. The van der Waals surface area contributed by atoms with Crippen molar-refractivity contribution in [3.63, 3.8) is 0 Å². The van der Waals surface area contributed by atoms with E-state index in [9.17, 15) is 4.79 Å². The number of anilines is 1. The minimum Gasteiger partial charge on any atom is -0.444 e. The van der Waals surface area contributed by atoms with Gasteiger partial charge < -0.3 is 14.4 Å². The fourth-order valence-corrected chi connectivity index (χ4v) is 2.69. The van der Waals surface area contributed by atoms with Gasteiger partial charge in [0.2, 0.25) is 0 Å². The van der Waals surface area contributed by atoms with Crippen molar-refractivity contribution in [2.75, 3.05) is 11.9 Å². The summed E-state index contributed by atoms with van der Waals surface area (Å²) in [4.78, 5) is 24.6. The number of nitrogens with one attached hydrogen (secondary N) is 1. The Labute approximate surface area is 133 Å². The second-order valence-electron chi connectivity index (χ2n) is 6.85. The van der Waals surface area contributed by atoms with Crippen LogP contribution in [0.15, 0.2) is 12.7 Å². The van der Waals surface area contributed by atoms with Crippen LogP contribution in [0.5, 0.6) is 0 Å². The Morgan fingerprint density at radius 1 is 1.39 bits per heavy atom. The lowest BCUT2D eigenvalue weighted by atomic mass is 9.81. The number of aromatic nitrogens is 4. The number of carbonyl (C=O) groups excluding carboxylic acids is 1. The van der Waals surface area contributed by atoms with Crippen molar-refractivity contribution in [2.45, 2.75) is 45.3 Å². The van der Waals surface area contributed by atoms with Crippen LogP contribution in [-0.4, -0.2) is 42.9 Å². The van der Waals surface area contributed by atoms with Crippen molar-refractivity contribution in [1.29, 1.82) is 0 Å². The molecule has 1 amide bonds. The van der Waals surface area contributed by atoms with Crippen LogP contribution in [0.1, 0.15) is 39.7 Å². The van der Waals surface area contributed by atoms with E-state index < -0.39 is 11.7 Å². The van der Waals surface area contributed by atoms with Crippen molar-refractivity contribution < 1.29 is 14.6 Å². The molecule has 2 N–H and O–H groups in total. The molecule has 0 spiro atoms. The Kier molecular flexibility index (Phi) is 3.93. The third-order valence-electron chi connectivity index (χ3n) is 3.84. The molecule has 8 nitrogen and oxygen atoms in total. The first kappa shape index (κ1) is 15.7. The van der Waals surface area contributed by atoms with Crippen molar-refractivity contribution in [2.24, 2.45) is 5.92 Å². The smallest absolute Gasteiger partial charge is 0.413 e. The first-order chi connectivity index (χ1) is 10.9. The number of aliphatic hydroxyl groups excluding tert-OH is 1. The standard InChI is InChI=1S/C15H21N5O3/c1-15(2,3)23-14(22)19-12-11-13(17-7-16-12)20(8-18-11)10-4-9(5-10)6-21/h7-10,21H,4-6H2,1-3H3,(H,16,17,19,22). The van der Waals surface area contributed by atoms with Crippen LogP contribution in [0, 0.1) is 5.92 Å². The maximum absolute atomic E-state index is 11.9. The van der Waals surface area contributed by atoms with Gasteiger partial charge in [0.05, 0.1) is 6.33 Å². The molecular weight excluding hydrogens is 298 g/mol. The number of nitrogens with zero attached hydrogens (tertiary/aromatic N) is 4. The largest absolute Gasteiger partial charge is 0.444 e. The molecular formula is C15H21N5O3. The van der Waals surface area contributed by atoms with Gasteiger partial charge in [-0.1, -0.05) is 0 Å². The normalized spacial score (nSPS) is 21.0. The van der Waals surface area contributed by atoms with E-state index >= 15 is 0 Å². The lowest BCUT2D eigenvalue weighted by Crippen LogP contribution is -2.29. The van der Waals surface area contributed by atoms with E-state index in [1.165, 1.54) is 6.33 Å². The average molecular weight is 319 g/mol. The van der Waals surface area contributed by atoms with Crippen molar-refractivity contribution in [1.82, 2.24) is 19.5 Å². The molecule has 1 saturated carbocycles. The summed E-state index contributed by atoms with van der Waals surface area (Å²) in [6, 6.07) is 0.279. The fraction of sp³-hybridized carbons (Fsp3) is 0.600. The van der Waals surface area contributed by atoms with Gasteiger partial charge in [-0.3, -0.25) is 5.32 Å². The van der Waals surface area contributed by atoms with Crippen molar-refractivity contribution in [3.8, 4) is 0 Å². The van der Waals surface area contributed by atoms with Gasteiger partial charge in [-0.05, 0) is 39.5 Å². The number of ether oxygens (including phenoxy) is 1. The van der Waals surface area contributed by atoms with Gasteiger partial charge in [-0.15, -0.1) is 0 Å². The molecule has 0 unspecified atom stereocenters. The molecule has 1 aliphatic carbocycles. The third kappa shape index (κ3) is 3.26. The first-order valence-electron chi connectivity index (χ1n) is 7.66. The lowest BCUT2D eigenvalue weighted by Gasteiger charge is -2.34. The number of rotatable bonds is 3. The number of carbonyl (C=O) groups is 1. The van der Waals surface area contributed by atoms with E-state index in [2.05, 4.69) is 20.3 Å². The number of fused-ring (bicyclic) bond motifs is 1. The van der Waals surface area contributed by atoms with Gasteiger partial charge in [0.25, 0.3) is 0 Å². The second kappa shape index (κ2) is 5.77. The Bertz CT molecular complexity index is 715. The monoisotopic (exact) mass is 319 g/mol. The predicted molar refractivity (Wildman–Crippen MR) is 84.0 cm³/mol. The van der Waals surface area contributed by atoms with E-state index in [1.54, 1.807) is 27.1 Å². The van der Waals surface area contributed by atoms with E-state index in [0.29, 0.717) is 22.9 Å². The zero-order valence-electron chi connectivity index (χ0n) is 13.5. The van der Waals surface area contributed by atoms with Crippen LogP contribution in [0.4, 0.5) is 10.6 Å². The molecule has 0 radical (unpaired) electrons. The minimum absolute atomic E-state index is 0.212. The Hall–Kier alpha value is -2.22. The van der Waals surface area contributed by atoms with Gasteiger partial charge >= 0.3 is 6.09 Å². The molecule has 0 aliphatic heterocycles. The number of hydrogen-bond acceptors (Lipinski definition) is 6. The highest BCUT2D eigenvalue weighted by atomic mass is 16.6. The van der Waals surface area contributed by atoms with E-state index in [1.807, 2.05) is 4.57 Å². The molecule has 0 saturated heterocycles. The van der Waals surface area contributed by atoms with Gasteiger partial charge in [-0.2, -0.15) is 0 Å². The SMILES string of the molecule is CC(C)(C)OC(=O)Nc1ncnc2c1ncn2C1CC(CO)C1. The average Bonchev–Trinajstić information content (AvgIpc) is 2.80. The molecule has 0 bridgehead atoms. The summed E-state index contributed by atoms with van der Waals surface area (Å²) >= 11 is 0. The quantitative estimate of drug-likeness (QED) is 0.898. The van der Waals surface area contributed by atoms with Crippen molar-refractivity contribution in [3.05, 3.63) is 12.7 Å². The van der Waals surface area contributed by atoms with Gasteiger partial charge in [0, 0.05) is 12.6 Å². The fourth-order valence-electron chi connectivity index (χ4n) is 2.69. The minimum atomic E-state index is -0.583. The van der Waals surface area contributed by atoms with Crippen LogP contribution in [0.2, 0.25) is 0 Å². The van der Waals surface area contributed by atoms with Crippen LogP contribution in [-0.2, 0) is 4.74 Å². The van der Waals surface area contributed by atoms with Crippen molar-refractivity contribution >= 4 is 23.1 Å². The number of aliphatic hydroxyl groups is 1. The van der Waals surface area contributed by atoms with Crippen LogP contribution < -0.4 is 5.32 Å². The molecule has 0 atom stereocenters. The Morgan fingerprint density at radius 2 is 2.13 bits per heavy atom. The molecule has 2 heterocycles.